The number of nitrogens with one attached hydrogen (secondary N) is 1. The average molecular weight is 228 g/mol. The fraction of sp³-hybridized carbons (Fsp3) is 0.214. The first-order chi connectivity index (χ1) is 8.15. The van der Waals surface area contributed by atoms with Crippen LogP contribution < -0.4 is 5.32 Å². The monoisotopic (exact) mass is 228 g/mol. The summed E-state index contributed by atoms with van der Waals surface area (Å²) < 4.78 is 2.09. The van der Waals surface area contributed by atoms with Gasteiger partial charge in [0.15, 0.2) is 0 Å². The largest absolute Gasteiger partial charge is 0.355 e. The Morgan fingerprint density at radius 1 is 1.18 bits per heavy atom. The van der Waals surface area contributed by atoms with Gasteiger partial charge in [-0.15, -0.1) is 0 Å². The van der Waals surface area contributed by atoms with E-state index in [4.69, 9.17) is 0 Å². The number of nitrogens with zero attached hydrogens (tertiary/aromatic N) is 1. The molecule has 1 aromatic heterocycles. The highest BCUT2D eigenvalue weighted by Crippen LogP contribution is 2.20. The number of amides is 1. The third-order valence-corrected chi connectivity index (χ3v) is 2.92. The molecule has 0 radical (unpaired) electrons. The van der Waals surface area contributed by atoms with Gasteiger partial charge in [0.2, 0.25) is 0 Å². The number of rotatable bonds is 2. The lowest BCUT2D eigenvalue weighted by molar-refractivity contribution is 0.0962. The summed E-state index contributed by atoms with van der Waals surface area (Å²) in [6.07, 6.45) is 0. The van der Waals surface area contributed by atoms with Gasteiger partial charge >= 0.3 is 0 Å². The lowest BCUT2D eigenvalue weighted by atomic mass is 10.2. The molecule has 2 aromatic rings. The van der Waals surface area contributed by atoms with Gasteiger partial charge in [-0.3, -0.25) is 4.79 Å². The molecule has 0 aliphatic carbocycles. The molecule has 0 atom stereocenters. The van der Waals surface area contributed by atoms with Gasteiger partial charge in [0.1, 0.15) is 0 Å². The van der Waals surface area contributed by atoms with Crippen LogP contribution in [0.3, 0.4) is 0 Å². The normalized spacial score (nSPS) is 10.3. The summed E-state index contributed by atoms with van der Waals surface area (Å²) in [5, 5.41) is 2.66. The van der Waals surface area contributed by atoms with Crippen LogP contribution in [0.5, 0.6) is 0 Å². The molecule has 17 heavy (non-hydrogen) atoms. The Labute approximate surface area is 101 Å². The van der Waals surface area contributed by atoms with Gasteiger partial charge in [-0.2, -0.15) is 0 Å². The number of para-hydroxylation sites is 1. The molecule has 0 saturated carbocycles. The highest BCUT2D eigenvalue weighted by Gasteiger charge is 2.14. The quantitative estimate of drug-likeness (QED) is 0.841. The Kier molecular flexibility index (Phi) is 3.00. The van der Waals surface area contributed by atoms with Crippen LogP contribution in [0.1, 0.15) is 21.7 Å². The molecule has 1 aromatic carbocycles. The smallest absolute Gasteiger partial charge is 0.252 e. The molecule has 0 spiro atoms. The van der Waals surface area contributed by atoms with Crippen LogP contribution in [0.2, 0.25) is 0 Å². The van der Waals surface area contributed by atoms with Gasteiger partial charge in [0, 0.05) is 24.1 Å². The fourth-order valence-electron chi connectivity index (χ4n) is 2.10. The minimum atomic E-state index is -0.0414. The fourth-order valence-corrected chi connectivity index (χ4v) is 2.10. The van der Waals surface area contributed by atoms with Gasteiger partial charge in [-0.25, -0.2) is 0 Å². The summed E-state index contributed by atoms with van der Waals surface area (Å²) >= 11 is 0. The summed E-state index contributed by atoms with van der Waals surface area (Å²) in [4.78, 5) is 11.7. The number of aromatic nitrogens is 1. The van der Waals surface area contributed by atoms with Gasteiger partial charge in [0.25, 0.3) is 5.91 Å². The van der Waals surface area contributed by atoms with Crippen molar-refractivity contribution in [2.75, 3.05) is 7.05 Å². The molecule has 0 aliphatic rings. The molecule has 0 saturated heterocycles. The number of hydrogen-bond donors (Lipinski definition) is 1. The lowest BCUT2D eigenvalue weighted by Gasteiger charge is -2.09. The summed E-state index contributed by atoms with van der Waals surface area (Å²) in [6.45, 7) is 3.97. The third kappa shape index (κ3) is 1.96. The summed E-state index contributed by atoms with van der Waals surface area (Å²) in [6, 6.07) is 12.0. The summed E-state index contributed by atoms with van der Waals surface area (Å²) in [5.74, 6) is -0.0414. The topological polar surface area (TPSA) is 34.0 Å². The second-order valence-corrected chi connectivity index (χ2v) is 4.03. The van der Waals surface area contributed by atoms with Crippen molar-refractivity contribution in [3.8, 4) is 5.69 Å². The van der Waals surface area contributed by atoms with Gasteiger partial charge in [-0.05, 0) is 32.0 Å². The number of hydrogen-bond acceptors (Lipinski definition) is 1. The molecule has 0 aliphatic heterocycles. The van der Waals surface area contributed by atoms with Gasteiger partial charge in [0.05, 0.1) is 5.56 Å². The van der Waals surface area contributed by atoms with E-state index in [0.717, 1.165) is 22.6 Å². The molecule has 1 heterocycles. The van der Waals surface area contributed by atoms with Crippen molar-refractivity contribution in [1.82, 2.24) is 9.88 Å². The molecule has 2 rings (SSSR count). The summed E-state index contributed by atoms with van der Waals surface area (Å²) in [7, 11) is 1.65. The van der Waals surface area contributed by atoms with Crippen LogP contribution in [0.25, 0.3) is 5.69 Å². The van der Waals surface area contributed by atoms with Crippen LogP contribution in [0.15, 0.2) is 36.4 Å². The van der Waals surface area contributed by atoms with E-state index in [2.05, 4.69) is 9.88 Å². The van der Waals surface area contributed by atoms with E-state index in [9.17, 15) is 4.79 Å². The number of carbonyl (C=O) groups is 1. The average Bonchev–Trinajstić information content (AvgIpc) is 2.65. The van der Waals surface area contributed by atoms with E-state index >= 15 is 0 Å². The number of carbonyl (C=O) groups excluding carboxylic acids is 1. The van der Waals surface area contributed by atoms with E-state index in [1.54, 1.807) is 7.05 Å². The predicted octanol–water partition coefficient (Wildman–Crippen LogP) is 2.45. The van der Waals surface area contributed by atoms with Crippen LogP contribution in [0, 0.1) is 13.8 Å². The zero-order chi connectivity index (χ0) is 12.4. The van der Waals surface area contributed by atoms with Crippen molar-refractivity contribution in [3.63, 3.8) is 0 Å². The number of aryl methyl sites for hydroxylation is 1. The van der Waals surface area contributed by atoms with E-state index in [1.807, 2.05) is 50.2 Å². The first kappa shape index (κ1) is 11.5. The van der Waals surface area contributed by atoms with E-state index in [1.165, 1.54) is 0 Å². The first-order valence-corrected chi connectivity index (χ1v) is 5.61. The highest BCUT2D eigenvalue weighted by atomic mass is 16.1. The Morgan fingerprint density at radius 2 is 1.82 bits per heavy atom. The van der Waals surface area contributed by atoms with Crippen molar-refractivity contribution in [2.24, 2.45) is 0 Å². The zero-order valence-electron chi connectivity index (χ0n) is 10.3. The molecule has 0 bridgehead atoms. The molecule has 1 N–H and O–H groups in total. The van der Waals surface area contributed by atoms with Crippen LogP contribution >= 0.6 is 0 Å². The number of benzene rings is 1. The molecule has 3 heteroatoms. The van der Waals surface area contributed by atoms with E-state index in [-0.39, 0.29) is 5.91 Å². The lowest BCUT2D eigenvalue weighted by Crippen LogP contribution is -2.18. The minimum Gasteiger partial charge on any atom is -0.355 e. The highest BCUT2D eigenvalue weighted by molar-refractivity contribution is 5.95. The minimum absolute atomic E-state index is 0.0414. The van der Waals surface area contributed by atoms with Crippen molar-refractivity contribution < 1.29 is 4.79 Å². The van der Waals surface area contributed by atoms with Crippen molar-refractivity contribution in [3.05, 3.63) is 53.3 Å². The molecule has 3 nitrogen and oxygen atoms in total. The Morgan fingerprint density at radius 3 is 2.41 bits per heavy atom. The third-order valence-electron chi connectivity index (χ3n) is 2.92. The Hall–Kier alpha value is -2.03. The SMILES string of the molecule is CNC(=O)c1cc(C)n(-c2ccccc2)c1C. The van der Waals surface area contributed by atoms with Crippen LogP contribution in [0.4, 0.5) is 0 Å². The summed E-state index contributed by atoms with van der Waals surface area (Å²) in [5.41, 5.74) is 3.84. The maximum absolute atomic E-state index is 11.7. The maximum Gasteiger partial charge on any atom is 0.252 e. The molecule has 0 unspecified atom stereocenters. The molecule has 0 fully saturated rings. The van der Waals surface area contributed by atoms with E-state index < -0.39 is 0 Å². The molecule has 88 valence electrons. The predicted molar refractivity (Wildman–Crippen MR) is 68.6 cm³/mol. The van der Waals surface area contributed by atoms with Crippen molar-refractivity contribution in [1.29, 1.82) is 0 Å². The van der Waals surface area contributed by atoms with Gasteiger partial charge < -0.3 is 9.88 Å². The molecular formula is C14H16N2O. The van der Waals surface area contributed by atoms with Crippen molar-refractivity contribution in [2.45, 2.75) is 13.8 Å². The Bertz CT molecular complexity index is 541. The van der Waals surface area contributed by atoms with Crippen LogP contribution in [-0.4, -0.2) is 17.5 Å². The second kappa shape index (κ2) is 4.45. The Balaban J connectivity index is 2.57. The standard InChI is InChI=1S/C14H16N2O/c1-10-9-13(14(17)15-3)11(2)16(10)12-7-5-4-6-8-12/h4-9H,1-3H3,(H,15,17). The van der Waals surface area contributed by atoms with Crippen molar-refractivity contribution >= 4 is 5.91 Å². The van der Waals surface area contributed by atoms with Gasteiger partial charge in [-0.1, -0.05) is 18.2 Å². The van der Waals surface area contributed by atoms with Crippen LogP contribution in [-0.2, 0) is 0 Å². The second-order valence-electron chi connectivity index (χ2n) is 4.03. The maximum atomic E-state index is 11.7. The first-order valence-electron chi connectivity index (χ1n) is 5.61. The van der Waals surface area contributed by atoms with E-state index in [0.29, 0.717) is 0 Å². The zero-order valence-corrected chi connectivity index (χ0v) is 10.3. The molecule has 1 amide bonds. The molecular weight excluding hydrogens is 212 g/mol.